The van der Waals surface area contributed by atoms with E-state index >= 15 is 0 Å². The summed E-state index contributed by atoms with van der Waals surface area (Å²) in [4.78, 5) is 77.9. The van der Waals surface area contributed by atoms with Crippen LogP contribution >= 0.6 is 0 Å². The molecular formula is C26H48N8O8. The topological polar surface area (TPSA) is 281 Å². The second-order valence-electron chi connectivity index (χ2n) is 11.0. The van der Waals surface area contributed by atoms with Gasteiger partial charge in [-0.1, -0.05) is 27.7 Å². The normalized spacial score (nSPS) is 14.6. The second kappa shape index (κ2) is 19.2. The molecule has 0 saturated heterocycles. The van der Waals surface area contributed by atoms with Crippen LogP contribution in [0.1, 0.15) is 73.1 Å². The number of carboxylic acids is 2. The zero-order valence-corrected chi connectivity index (χ0v) is 25.0. The highest BCUT2D eigenvalue weighted by Gasteiger charge is 2.31. The van der Waals surface area contributed by atoms with E-state index in [0.717, 1.165) is 0 Å². The van der Waals surface area contributed by atoms with Crippen molar-refractivity contribution in [3.8, 4) is 0 Å². The number of carbonyl (C=O) groups is 6. The quantitative estimate of drug-likeness (QED) is 0.0434. The maximum Gasteiger partial charge on any atom is 0.326 e. The molecule has 5 atom stereocenters. The number of hydrogen-bond donors (Lipinski definition) is 9. The first kappa shape index (κ1) is 38.0. The highest BCUT2D eigenvalue weighted by atomic mass is 16.4. The molecule has 0 fully saturated rings. The van der Waals surface area contributed by atoms with Crippen LogP contribution in [0.2, 0.25) is 0 Å². The van der Waals surface area contributed by atoms with Crippen LogP contribution < -0.4 is 38.5 Å². The molecule has 4 amide bonds. The van der Waals surface area contributed by atoms with Crippen LogP contribution in [0.15, 0.2) is 4.99 Å². The largest absolute Gasteiger partial charge is 0.481 e. The molecule has 0 spiro atoms. The third kappa shape index (κ3) is 16.3. The third-order valence-corrected chi connectivity index (χ3v) is 5.99. The van der Waals surface area contributed by atoms with Gasteiger partial charge in [-0.05, 0) is 50.9 Å². The summed E-state index contributed by atoms with van der Waals surface area (Å²) in [6.45, 7) is 8.87. The summed E-state index contributed by atoms with van der Waals surface area (Å²) < 4.78 is 0. The standard InChI is InChI=1S/C26H48N8O8/c1-13(2)11-16(27)22(38)32-17(8-9-20(35)36)23(39)34-19(12-14(3)4)24(40)31-15(5)21(37)33-18(25(41)42)7-6-10-30-26(28)29/h13-19H,6-12,27H2,1-5H3,(H,31,40)(H,32,38)(H,33,37)(H,34,39)(H,35,36)(H,41,42)(H4,28,29,30)/t15-,16-,17-,18-,19-/m0/s1. The van der Waals surface area contributed by atoms with Crippen LogP contribution in [-0.2, 0) is 28.8 Å². The number of nitrogens with zero attached hydrogens (tertiary/aromatic N) is 1. The minimum atomic E-state index is -1.28. The fourth-order valence-electron chi connectivity index (χ4n) is 3.84. The number of rotatable bonds is 20. The molecule has 0 aromatic carbocycles. The van der Waals surface area contributed by atoms with Crippen molar-refractivity contribution < 1.29 is 39.0 Å². The van der Waals surface area contributed by atoms with Crippen molar-refractivity contribution >= 4 is 41.5 Å². The Kier molecular flexibility index (Phi) is 17.4. The smallest absolute Gasteiger partial charge is 0.326 e. The molecule has 240 valence electrons. The predicted octanol–water partition coefficient (Wildman–Crippen LogP) is -1.63. The Morgan fingerprint density at radius 3 is 1.71 bits per heavy atom. The predicted molar refractivity (Wildman–Crippen MR) is 155 cm³/mol. The average molecular weight is 601 g/mol. The van der Waals surface area contributed by atoms with Gasteiger partial charge in [-0.2, -0.15) is 0 Å². The van der Waals surface area contributed by atoms with Crippen molar-refractivity contribution in [2.45, 2.75) is 103 Å². The maximum atomic E-state index is 13.1. The summed E-state index contributed by atoms with van der Waals surface area (Å²) in [6.07, 6.45) is 0.148. The van der Waals surface area contributed by atoms with Crippen LogP contribution in [0.4, 0.5) is 0 Å². The van der Waals surface area contributed by atoms with Crippen molar-refractivity contribution in [2.75, 3.05) is 6.54 Å². The number of nitrogens with one attached hydrogen (secondary N) is 4. The van der Waals surface area contributed by atoms with Crippen molar-refractivity contribution in [3.05, 3.63) is 0 Å². The first-order valence-corrected chi connectivity index (χ1v) is 13.9. The molecule has 0 aliphatic rings. The van der Waals surface area contributed by atoms with E-state index in [9.17, 15) is 33.9 Å². The zero-order valence-electron chi connectivity index (χ0n) is 25.0. The number of amides is 4. The number of carbonyl (C=O) groups excluding carboxylic acids is 4. The zero-order chi connectivity index (χ0) is 32.6. The average Bonchev–Trinajstić information content (AvgIpc) is 2.86. The summed E-state index contributed by atoms with van der Waals surface area (Å²) in [5.41, 5.74) is 16.4. The van der Waals surface area contributed by atoms with Gasteiger partial charge in [0.2, 0.25) is 23.6 Å². The van der Waals surface area contributed by atoms with Crippen LogP contribution in [-0.4, -0.2) is 88.5 Å². The van der Waals surface area contributed by atoms with E-state index in [4.69, 9.17) is 22.3 Å². The SMILES string of the molecule is CC(C)C[C@H](NC(=O)[C@H](CCC(=O)O)NC(=O)[C@@H](N)CC(C)C)C(=O)N[C@@H](C)C(=O)N[C@@H](CCCN=C(N)N)C(=O)O. The van der Waals surface area contributed by atoms with Gasteiger partial charge in [0.25, 0.3) is 0 Å². The molecule has 0 aromatic rings. The number of aliphatic carboxylic acids is 2. The van der Waals surface area contributed by atoms with E-state index in [1.807, 2.05) is 13.8 Å². The highest BCUT2D eigenvalue weighted by Crippen LogP contribution is 2.09. The second-order valence-corrected chi connectivity index (χ2v) is 11.0. The Bertz CT molecular complexity index is 968. The fraction of sp³-hybridized carbons (Fsp3) is 0.731. The third-order valence-electron chi connectivity index (χ3n) is 5.99. The molecule has 0 rings (SSSR count). The van der Waals surface area contributed by atoms with Gasteiger partial charge in [0, 0.05) is 13.0 Å². The molecule has 16 nitrogen and oxygen atoms in total. The van der Waals surface area contributed by atoms with Crippen molar-refractivity contribution in [1.82, 2.24) is 21.3 Å². The summed E-state index contributed by atoms with van der Waals surface area (Å²) in [5.74, 6) is -5.49. The molecule has 16 heteroatoms. The first-order valence-electron chi connectivity index (χ1n) is 13.9. The lowest BCUT2D eigenvalue weighted by molar-refractivity contribution is -0.142. The monoisotopic (exact) mass is 600 g/mol. The van der Waals surface area contributed by atoms with Crippen molar-refractivity contribution in [3.63, 3.8) is 0 Å². The molecule has 0 aromatic heterocycles. The minimum absolute atomic E-state index is 0.0365. The molecular weight excluding hydrogens is 552 g/mol. The van der Waals surface area contributed by atoms with Crippen LogP contribution in [0, 0.1) is 11.8 Å². The van der Waals surface area contributed by atoms with Crippen molar-refractivity contribution in [2.24, 2.45) is 34.0 Å². The van der Waals surface area contributed by atoms with E-state index in [0.29, 0.717) is 6.42 Å². The molecule has 0 bridgehead atoms. The van der Waals surface area contributed by atoms with Crippen LogP contribution in [0.3, 0.4) is 0 Å². The first-order chi connectivity index (χ1) is 19.4. The van der Waals surface area contributed by atoms with E-state index in [2.05, 4.69) is 26.3 Å². The maximum absolute atomic E-state index is 13.1. The summed E-state index contributed by atoms with van der Waals surface area (Å²) in [5, 5.41) is 28.4. The van der Waals surface area contributed by atoms with Gasteiger partial charge in [-0.25, -0.2) is 4.79 Å². The summed E-state index contributed by atoms with van der Waals surface area (Å²) in [7, 11) is 0. The van der Waals surface area contributed by atoms with Gasteiger partial charge in [0.15, 0.2) is 5.96 Å². The van der Waals surface area contributed by atoms with Gasteiger partial charge in [0.05, 0.1) is 6.04 Å². The van der Waals surface area contributed by atoms with Gasteiger partial charge >= 0.3 is 11.9 Å². The van der Waals surface area contributed by atoms with E-state index < -0.39 is 72.2 Å². The molecule has 0 saturated carbocycles. The van der Waals surface area contributed by atoms with E-state index in [-0.39, 0.29) is 50.0 Å². The Labute approximate surface area is 246 Å². The number of carboxylic acid groups (broad SMARTS) is 2. The number of guanidine groups is 1. The number of hydrogen-bond acceptors (Lipinski definition) is 8. The fourth-order valence-corrected chi connectivity index (χ4v) is 3.84. The van der Waals surface area contributed by atoms with E-state index in [1.165, 1.54) is 6.92 Å². The van der Waals surface area contributed by atoms with Crippen LogP contribution in [0.25, 0.3) is 0 Å². The number of aliphatic imine (C=N–C) groups is 1. The number of nitrogens with two attached hydrogens (primary N) is 3. The Morgan fingerprint density at radius 2 is 1.21 bits per heavy atom. The summed E-state index contributed by atoms with van der Waals surface area (Å²) >= 11 is 0. The lowest BCUT2D eigenvalue weighted by Crippen LogP contribution is -2.58. The Hall–Kier alpha value is -3.95. The van der Waals surface area contributed by atoms with Gasteiger partial charge in [-0.15, -0.1) is 0 Å². The van der Waals surface area contributed by atoms with Gasteiger partial charge in [0.1, 0.15) is 24.2 Å². The lowest BCUT2D eigenvalue weighted by Gasteiger charge is -2.26. The molecule has 0 aliphatic heterocycles. The van der Waals surface area contributed by atoms with Crippen LogP contribution in [0.5, 0.6) is 0 Å². The molecule has 12 N–H and O–H groups in total. The van der Waals surface area contributed by atoms with E-state index in [1.54, 1.807) is 13.8 Å². The minimum Gasteiger partial charge on any atom is -0.481 e. The molecule has 0 radical (unpaired) electrons. The van der Waals surface area contributed by atoms with Crippen molar-refractivity contribution in [1.29, 1.82) is 0 Å². The highest BCUT2D eigenvalue weighted by molar-refractivity contribution is 5.95. The molecule has 0 aliphatic carbocycles. The summed E-state index contributed by atoms with van der Waals surface area (Å²) in [6, 6.07) is -5.75. The lowest BCUT2D eigenvalue weighted by atomic mass is 10.0. The molecule has 0 unspecified atom stereocenters. The Balaban J connectivity index is 5.51. The Morgan fingerprint density at radius 1 is 0.690 bits per heavy atom. The molecule has 0 heterocycles. The van der Waals surface area contributed by atoms with Gasteiger partial charge < -0.3 is 48.7 Å². The van der Waals surface area contributed by atoms with Gasteiger partial charge in [-0.3, -0.25) is 29.0 Å². The molecule has 42 heavy (non-hydrogen) atoms.